The van der Waals surface area contributed by atoms with Gasteiger partial charge >= 0.3 is 6.18 Å². The van der Waals surface area contributed by atoms with E-state index in [0.29, 0.717) is 12.8 Å². The molecule has 0 radical (unpaired) electrons. The molecule has 3 nitrogen and oxygen atoms in total. The van der Waals surface area contributed by atoms with Crippen LogP contribution in [0.2, 0.25) is 0 Å². The molecule has 2 atom stereocenters. The summed E-state index contributed by atoms with van der Waals surface area (Å²) in [6.07, 6.45) is -1.45. The molecule has 1 saturated carbocycles. The molecule has 0 bridgehead atoms. The summed E-state index contributed by atoms with van der Waals surface area (Å²) >= 11 is 1.73. The quantitative estimate of drug-likeness (QED) is 0.837. The minimum absolute atomic E-state index is 0.00814. The fourth-order valence-corrected chi connectivity index (χ4v) is 3.91. The molecule has 2 aliphatic rings. The maximum atomic E-state index is 13.1. The molecule has 2 rings (SSSR count). The van der Waals surface area contributed by atoms with E-state index in [2.05, 4.69) is 10.6 Å². The van der Waals surface area contributed by atoms with Crippen molar-refractivity contribution in [3.8, 4) is 0 Å². The second-order valence-electron chi connectivity index (χ2n) is 5.56. The first-order valence-electron chi connectivity index (χ1n) is 7.14. The van der Waals surface area contributed by atoms with Gasteiger partial charge in [-0.05, 0) is 18.8 Å². The predicted octanol–water partition coefficient (Wildman–Crippen LogP) is 2.32. The Kier molecular flexibility index (Phi) is 5.60. The van der Waals surface area contributed by atoms with E-state index in [9.17, 15) is 18.0 Å². The largest absolute Gasteiger partial charge is 0.408 e. The topological polar surface area (TPSA) is 41.1 Å². The average Bonchev–Trinajstić information content (AvgIpc) is 2.89. The van der Waals surface area contributed by atoms with Crippen molar-refractivity contribution in [1.82, 2.24) is 10.6 Å². The predicted molar refractivity (Wildman–Crippen MR) is 73.7 cm³/mol. The van der Waals surface area contributed by atoms with Gasteiger partial charge in [-0.1, -0.05) is 12.8 Å². The first-order valence-corrected chi connectivity index (χ1v) is 8.29. The normalized spacial score (nSPS) is 26.4. The third-order valence-corrected chi connectivity index (χ3v) is 5.10. The van der Waals surface area contributed by atoms with E-state index in [4.69, 9.17) is 0 Å². The first-order chi connectivity index (χ1) is 9.47. The van der Waals surface area contributed by atoms with Gasteiger partial charge in [-0.25, -0.2) is 0 Å². The molecule has 1 aliphatic heterocycles. The van der Waals surface area contributed by atoms with E-state index in [1.54, 1.807) is 11.8 Å². The van der Waals surface area contributed by atoms with Crippen LogP contribution in [0.5, 0.6) is 0 Å². The number of alkyl halides is 3. The fourth-order valence-electron chi connectivity index (χ4n) is 2.96. The minimum Gasteiger partial charge on any atom is -0.344 e. The summed E-state index contributed by atoms with van der Waals surface area (Å²) in [5.74, 6) is 0.839. The van der Waals surface area contributed by atoms with Gasteiger partial charge in [-0.3, -0.25) is 4.79 Å². The molecule has 1 aliphatic carbocycles. The summed E-state index contributed by atoms with van der Waals surface area (Å²) in [7, 11) is 0. The van der Waals surface area contributed by atoms with Crippen LogP contribution in [-0.4, -0.2) is 42.2 Å². The molecule has 2 fully saturated rings. The molecule has 7 heteroatoms. The van der Waals surface area contributed by atoms with Gasteiger partial charge in [0.15, 0.2) is 0 Å². The van der Waals surface area contributed by atoms with Crippen LogP contribution in [0.25, 0.3) is 0 Å². The Morgan fingerprint density at radius 1 is 1.35 bits per heavy atom. The van der Waals surface area contributed by atoms with E-state index in [1.165, 1.54) is 0 Å². The van der Waals surface area contributed by atoms with Crippen molar-refractivity contribution in [3.05, 3.63) is 0 Å². The highest BCUT2D eigenvalue weighted by atomic mass is 32.2. The van der Waals surface area contributed by atoms with Crippen LogP contribution < -0.4 is 10.6 Å². The van der Waals surface area contributed by atoms with Crippen LogP contribution in [0.4, 0.5) is 13.2 Å². The van der Waals surface area contributed by atoms with Crippen LogP contribution >= 0.6 is 11.8 Å². The number of hydrogen-bond acceptors (Lipinski definition) is 3. The summed E-state index contributed by atoms with van der Waals surface area (Å²) < 4.78 is 39.2. The Balaban J connectivity index is 1.87. The van der Waals surface area contributed by atoms with Gasteiger partial charge in [0.25, 0.3) is 0 Å². The van der Waals surface area contributed by atoms with E-state index in [1.807, 2.05) is 0 Å². The molecule has 2 N–H and O–H groups in total. The van der Waals surface area contributed by atoms with Gasteiger partial charge < -0.3 is 10.6 Å². The highest BCUT2D eigenvalue weighted by Gasteiger charge is 2.46. The summed E-state index contributed by atoms with van der Waals surface area (Å²) in [5.41, 5.74) is 0. The first kappa shape index (κ1) is 15.9. The number of amides is 1. The summed E-state index contributed by atoms with van der Waals surface area (Å²) in [6.45, 7) is 0.813. The van der Waals surface area contributed by atoms with Crippen LogP contribution in [0.15, 0.2) is 0 Å². The molecule has 1 amide bonds. The fraction of sp³-hybridized carbons (Fsp3) is 0.923. The SMILES string of the molecule is O=C(CC1CSCCN1)NC(C1CCCC1)C(F)(F)F. The lowest BCUT2D eigenvalue weighted by atomic mass is 9.97. The third kappa shape index (κ3) is 4.55. The van der Waals surface area contributed by atoms with E-state index in [0.717, 1.165) is 30.9 Å². The number of nitrogens with one attached hydrogen (secondary N) is 2. The summed E-state index contributed by atoms with van der Waals surface area (Å²) in [6, 6.07) is -1.68. The van der Waals surface area contributed by atoms with Crippen molar-refractivity contribution in [2.75, 3.05) is 18.1 Å². The molecule has 1 heterocycles. The lowest BCUT2D eigenvalue weighted by Gasteiger charge is -2.28. The van der Waals surface area contributed by atoms with Crippen LogP contribution in [-0.2, 0) is 4.79 Å². The lowest BCUT2D eigenvalue weighted by molar-refractivity contribution is -0.172. The van der Waals surface area contributed by atoms with Crippen LogP contribution in [0.1, 0.15) is 32.1 Å². The van der Waals surface area contributed by atoms with Crippen molar-refractivity contribution < 1.29 is 18.0 Å². The zero-order valence-electron chi connectivity index (χ0n) is 11.3. The summed E-state index contributed by atoms with van der Waals surface area (Å²) in [4.78, 5) is 11.9. The van der Waals surface area contributed by atoms with Gasteiger partial charge in [0.2, 0.25) is 5.91 Å². The van der Waals surface area contributed by atoms with Gasteiger partial charge in [0.05, 0.1) is 0 Å². The molecule has 1 saturated heterocycles. The number of carbonyl (C=O) groups is 1. The molecule has 0 aromatic carbocycles. The molecule has 116 valence electrons. The van der Waals surface area contributed by atoms with Crippen LogP contribution in [0.3, 0.4) is 0 Å². The molecule has 0 spiro atoms. The maximum Gasteiger partial charge on any atom is 0.408 e. The van der Waals surface area contributed by atoms with Crippen molar-refractivity contribution in [2.45, 2.75) is 50.4 Å². The van der Waals surface area contributed by atoms with Crippen molar-refractivity contribution in [3.63, 3.8) is 0 Å². The second-order valence-corrected chi connectivity index (χ2v) is 6.71. The standard InChI is InChI=1S/C13H21F3N2OS/c14-13(15,16)12(9-3-1-2-4-9)18-11(19)7-10-8-20-6-5-17-10/h9-10,12,17H,1-8H2,(H,18,19). The van der Waals surface area contributed by atoms with Crippen LogP contribution in [0, 0.1) is 5.92 Å². The van der Waals surface area contributed by atoms with Gasteiger partial charge in [-0.2, -0.15) is 24.9 Å². The highest BCUT2D eigenvalue weighted by Crippen LogP contribution is 2.35. The number of rotatable bonds is 4. The Morgan fingerprint density at radius 2 is 2.05 bits per heavy atom. The zero-order chi connectivity index (χ0) is 14.6. The number of halogens is 3. The Bertz CT molecular complexity index is 326. The Morgan fingerprint density at radius 3 is 2.60 bits per heavy atom. The van der Waals surface area contributed by atoms with E-state index in [-0.39, 0.29) is 12.5 Å². The average molecular weight is 310 g/mol. The Hall–Kier alpha value is -0.430. The van der Waals surface area contributed by atoms with Gasteiger partial charge in [0.1, 0.15) is 6.04 Å². The van der Waals surface area contributed by atoms with Gasteiger partial charge in [-0.15, -0.1) is 0 Å². The van der Waals surface area contributed by atoms with Crippen molar-refractivity contribution in [2.24, 2.45) is 5.92 Å². The maximum absolute atomic E-state index is 13.1. The monoisotopic (exact) mass is 310 g/mol. The minimum atomic E-state index is -4.35. The third-order valence-electron chi connectivity index (χ3n) is 3.97. The second kappa shape index (κ2) is 7.02. The molecular formula is C13H21F3N2OS. The number of thioether (sulfide) groups is 1. The Labute approximate surface area is 121 Å². The highest BCUT2D eigenvalue weighted by molar-refractivity contribution is 7.99. The lowest BCUT2D eigenvalue weighted by Crippen LogP contribution is -2.51. The van der Waals surface area contributed by atoms with Crippen molar-refractivity contribution in [1.29, 1.82) is 0 Å². The molecular weight excluding hydrogens is 289 g/mol. The smallest absolute Gasteiger partial charge is 0.344 e. The molecule has 0 aromatic rings. The molecule has 20 heavy (non-hydrogen) atoms. The zero-order valence-corrected chi connectivity index (χ0v) is 12.2. The van der Waals surface area contributed by atoms with E-state index < -0.39 is 24.0 Å². The summed E-state index contributed by atoms with van der Waals surface area (Å²) in [5, 5.41) is 5.40. The molecule has 2 unspecified atom stereocenters. The van der Waals surface area contributed by atoms with Gasteiger partial charge in [0, 0.05) is 30.5 Å². The number of carbonyl (C=O) groups excluding carboxylic acids is 1. The van der Waals surface area contributed by atoms with Crippen molar-refractivity contribution >= 4 is 17.7 Å². The number of hydrogen-bond donors (Lipinski definition) is 2. The van der Waals surface area contributed by atoms with E-state index >= 15 is 0 Å². The molecule has 0 aromatic heterocycles.